The third-order valence-corrected chi connectivity index (χ3v) is 4.80. The van der Waals surface area contributed by atoms with Crippen molar-refractivity contribution >= 4 is 44.6 Å². The zero-order valence-corrected chi connectivity index (χ0v) is 16.0. The number of nitrogens with one attached hydrogen (secondary N) is 1. The lowest BCUT2D eigenvalue weighted by molar-refractivity contribution is -0.0429. The second kappa shape index (κ2) is 8.37. The Morgan fingerprint density at radius 3 is 2.41 bits per heavy atom. The van der Waals surface area contributed by atoms with Gasteiger partial charge in [-0.1, -0.05) is 41.3 Å². The van der Waals surface area contributed by atoms with E-state index in [-0.39, 0.29) is 28.4 Å². The van der Waals surface area contributed by atoms with Gasteiger partial charge in [-0.3, -0.25) is 4.72 Å². The van der Waals surface area contributed by atoms with Crippen molar-refractivity contribution in [2.45, 2.75) is 18.9 Å². The maximum atomic E-state index is 12.7. The first kappa shape index (κ1) is 21.3. The summed E-state index contributed by atoms with van der Waals surface area (Å²) in [7, 11) is -5.61. The molecule has 5 nitrogen and oxygen atoms in total. The SMILES string of the molecule is CCC(=NOc1cccc(Cl)c1)c1cc(Cl)ccc1NS(=O)(=O)C(F)(F)F. The third-order valence-electron chi connectivity index (χ3n) is 3.23. The van der Waals surface area contributed by atoms with Gasteiger partial charge < -0.3 is 4.84 Å². The number of benzene rings is 2. The van der Waals surface area contributed by atoms with Crippen molar-refractivity contribution in [3.8, 4) is 5.75 Å². The van der Waals surface area contributed by atoms with Crippen LogP contribution in [0.3, 0.4) is 0 Å². The van der Waals surface area contributed by atoms with Crippen molar-refractivity contribution in [2.75, 3.05) is 4.72 Å². The highest BCUT2D eigenvalue weighted by Crippen LogP contribution is 2.29. The predicted molar refractivity (Wildman–Crippen MR) is 99.0 cm³/mol. The van der Waals surface area contributed by atoms with E-state index in [4.69, 9.17) is 28.0 Å². The molecule has 0 saturated carbocycles. The lowest BCUT2D eigenvalue weighted by Gasteiger charge is -2.15. The summed E-state index contributed by atoms with van der Waals surface area (Å²) >= 11 is 11.7. The first-order valence-corrected chi connectivity index (χ1v) is 9.66. The molecule has 27 heavy (non-hydrogen) atoms. The average Bonchev–Trinajstić information content (AvgIpc) is 2.56. The van der Waals surface area contributed by atoms with Crippen LogP contribution in [0.4, 0.5) is 18.9 Å². The minimum absolute atomic E-state index is 0.0554. The van der Waals surface area contributed by atoms with Crippen LogP contribution in [0, 0.1) is 0 Å². The second-order valence-corrected chi connectivity index (χ2v) is 7.73. The fourth-order valence-corrected chi connectivity index (χ4v) is 2.92. The molecule has 2 aromatic carbocycles. The maximum Gasteiger partial charge on any atom is 0.516 e. The number of hydrogen-bond acceptors (Lipinski definition) is 4. The van der Waals surface area contributed by atoms with Gasteiger partial charge in [-0.05, 0) is 36.8 Å². The summed E-state index contributed by atoms with van der Waals surface area (Å²) < 4.78 is 62.4. The Morgan fingerprint density at radius 1 is 1.15 bits per heavy atom. The Labute approximate surface area is 163 Å². The van der Waals surface area contributed by atoms with Gasteiger partial charge in [-0.2, -0.15) is 21.6 Å². The fraction of sp³-hybridized carbons (Fsp3) is 0.188. The van der Waals surface area contributed by atoms with E-state index < -0.39 is 15.5 Å². The summed E-state index contributed by atoms with van der Waals surface area (Å²) in [6.45, 7) is 1.67. The molecule has 0 bridgehead atoms. The minimum atomic E-state index is -5.61. The lowest BCUT2D eigenvalue weighted by atomic mass is 10.1. The number of alkyl halides is 3. The molecule has 0 fully saturated rings. The predicted octanol–water partition coefficient (Wildman–Crippen LogP) is 5.45. The molecule has 146 valence electrons. The van der Waals surface area contributed by atoms with Crippen LogP contribution in [-0.2, 0) is 10.0 Å². The smallest absolute Gasteiger partial charge is 0.357 e. The van der Waals surface area contributed by atoms with Gasteiger partial charge in [-0.15, -0.1) is 0 Å². The molecule has 0 spiro atoms. The van der Waals surface area contributed by atoms with Gasteiger partial charge in [0.15, 0.2) is 5.75 Å². The molecule has 0 unspecified atom stereocenters. The molecule has 0 aliphatic carbocycles. The first-order valence-electron chi connectivity index (χ1n) is 7.42. The van der Waals surface area contributed by atoms with Gasteiger partial charge in [0.25, 0.3) is 0 Å². The van der Waals surface area contributed by atoms with Crippen LogP contribution in [0.25, 0.3) is 0 Å². The van der Waals surface area contributed by atoms with Crippen LogP contribution in [0.15, 0.2) is 47.6 Å². The zero-order chi connectivity index (χ0) is 20.2. The fourth-order valence-electron chi connectivity index (χ4n) is 1.98. The Kier molecular flexibility index (Phi) is 6.61. The number of hydrogen-bond donors (Lipinski definition) is 1. The van der Waals surface area contributed by atoms with Gasteiger partial charge in [0.2, 0.25) is 0 Å². The molecule has 2 aromatic rings. The zero-order valence-electron chi connectivity index (χ0n) is 13.7. The molecule has 0 aromatic heterocycles. The minimum Gasteiger partial charge on any atom is -0.357 e. The van der Waals surface area contributed by atoms with Crippen LogP contribution >= 0.6 is 23.2 Å². The van der Waals surface area contributed by atoms with E-state index in [1.54, 1.807) is 25.1 Å². The van der Waals surface area contributed by atoms with Crippen molar-refractivity contribution in [1.29, 1.82) is 0 Å². The highest BCUT2D eigenvalue weighted by Gasteiger charge is 2.46. The number of sulfonamides is 1. The number of rotatable bonds is 6. The Bertz CT molecular complexity index is 964. The number of nitrogens with zero attached hydrogens (tertiary/aromatic N) is 1. The van der Waals surface area contributed by atoms with Gasteiger partial charge in [0, 0.05) is 21.7 Å². The van der Waals surface area contributed by atoms with Gasteiger partial charge >= 0.3 is 15.5 Å². The maximum absolute atomic E-state index is 12.7. The van der Waals surface area contributed by atoms with E-state index >= 15 is 0 Å². The third kappa shape index (κ3) is 5.50. The van der Waals surface area contributed by atoms with Crippen LogP contribution in [0.2, 0.25) is 10.0 Å². The van der Waals surface area contributed by atoms with E-state index in [0.29, 0.717) is 10.8 Å². The highest BCUT2D eigenvalue weighted by atomic mass is 35.5. The summed E-state index contributed by atoms with van der Waals surface area (Å²) in [5, 5.41) is 4.49. The molecule has 0 radical (unpaired) electrons. The lowest BCUT2D eigenvalue weighted by Crippen LogP contribution is -2.30. The number of halogens is 5. The van der Waals surface area contributed by atoms with Crippen LogP contribution < -0.4 is 9.56 Å². The quantitative estimate of drug-likeness (QED) is 0.479. The van der Waals surface area contributed by atoms with Crippen molar-refractivity contribution in [2.24, 2.45) is 5.16 Å². The van der Waals surface area contributed by atoms with Gasteiger partial charge in [-0.25, -0.2) is 0 Å². The van der Waals surface area contributed by atoms with Crippen LogP contribution in [0.1, 0.15) is 18.9 Å². The highest BCUT2D eigenvalue weighted by molar-refractivity contribution is 7.93. The Hall–Kier alpha value is -1.97. The topological polar surface area (TPSA) is 67.8 Å². The molecule has 0 aliphatic heterocycles. The summed E-state index contributed by atoms with van der Waals surface area (Å²) in [6.07, 6.45) is 0.224. The van der Waals surface area contributed by atoms with E-state index in [0.717, 1.165) is 6.07 Å². The van der Waals surface area contributed by atoms with E-state index in [1.807, 2.05) is 0 Å². The molecule has 11 heteroatoms. The van der Waals surface area contributed by atoms with E-state index in [1.165, 1.54) is 22.9 Å². The van der Waals surface area contributed by atoms with Crippen molar-refractivity contribution < 1.29 is 26.4 Å². The second-order valence-electron chi connectivity index (χ2n) is 5.18. The van der Waals surface area contributed by atoms with Crippen molar-refractivity contribution in [1.82, 2.24) is 0 Å². The van der Waals surface area contributed by atoms with E-state index in [2.05, 4.69) is 5.16 Å². The number of anilines is 1. The molecule has 0 heterocycles. The first-order chi connectivity index (χ1) is 12.5. The molecule has 0 atom stereocenters. The van der Waals surface area contributed by atoms with Crippen LogP contribution in [0.5, 0.6) is 5.75 Å². The van der Waals surface area contributed by atoms with Gasteiger partial charge in [0.1, 0.15) is 0 Å². The Morgan fingerprint density at radius 2 is 1.81 bits per heavy atom. The average molecular weight is 441 g/mol. The molecular weight excluding hydrogens is 428 g/mol. The molecule has 0 aliphatic rings. The monoisotopic (exact) mass is 440 g/mol. The molecular formula is C16H13Cl2F3N2O3S. The molecule has 0 amide bonds. The number of oxime groups is 1. The largest absolute Gasteiger partial charge is 0.516 e. The van der Waals surface area contributed by atoms with Crippen LogP contribution in [-0.4, -0.2) is 19.6 Å². The Balaban J connectivity index is 2.42. The standard InChI is InChI=1S/C16H13Cl2F3N2O3S/c1-2-14(22-26-12-5-3-4-10(17)8-12)13-9-11(18)6-7-15(13)23-27(24,25)16(19,20)21/h3-9,23H,2H2,1H3. The van der Waals surface area contributed by atoms with E-state index in [9.17, 15) is 21.6 Å². The van der Waals surface area contributed by atoms with Gasteiger partial charge in [0.05, 0.1) is 11.4 Å². The summed E-state index contributed by atoms with van der Waals surface area (Å²) in [5.74, 6) is 0.299. The summed E-state index contributed by atoms with van der Waals surface area (Å²) in [5.41, 5.74) is -5.56. The molecule has 0 saturated heterocycles. The summed E-state index contributed by atoms with van der Waals surface area (Å²) in [4.78, 5) is 5.25. The molecule has 1 N–H and O–H groups in total. The summed E-state index contributed by atoms with van der Waals surface area (Å²) in [6, 6.07) is 9.98. The van der Waals surface area contributed by atoms with Crippen molar-refractivity contribution in [3.05, 3.63) is 58.1 Å². The molecule has 2 rings (SSSR count). The normalized spacial score (nSPS) is 12.7. The van der Waals surface area contributed by atoms with Crippen molar-refractivity contribution in [3.63, 3.8) is 0 Å².